The highest BCUT2D eigenvalue weighted by Gasteiger charge is 2.39. The fraction of sp³-hybridized carbons (Fsp3) is 0.0526. The van der Waals surface area contributed by atoms with E-state index in [-0.39, 0.29) is 22.8 Å². The van der Waals surface area contributed by atoms with E-state index in [0.29, 0.717) is 16.3 Å². The Balaban J connectivity index is 2.14. The van der Waals surface area contributed by atoms with Crippen molar-refractivity contribution in [1.29, 1.82) is 0 Å². The Morgan fingerprint density at radius 1 is 1.12 bits per heavy atom. The van der Waals surface area contributed by atoms with Gasteiger partial charge in [0, 0.05) is 22.8 Å². The van der Waals surface area contributed by atoms with Crippen molar-refractivity contribution in [3.05, 3.63) is 82.2 Å². The highest BCUT2D eigenvalue weighted by molar-refractivity contribution is 6.41. The third-order valence-electron chi connectivity index (χ3n) is 3.77. The fourth-order valence-electron chi connectivity index (χ4n) is 2.64. The maximum atomic E-state index is 13.5. The van der Waals surface area contributed by atoms with E-state index in [4.69, 9.17) is 23.2 Å². The topological polar surface area (TPSA) is 49.4 Å². The second kappa shape index (κ2) is 7.32. The summed E-state index contributed by atoms with van der Waals surface area (Å²) in [6.45, 7) is 3.60. The number of benzene rings is 2. The Kier molecular flexibility index (Phi) is 5.11. The van der Waals surface area contributed by atoms with E-state index in [1.807, 2.05) is 0 Å². The molecule has 4 nitrogen and oxygen atoms in total. The molecule has 2 aromatic rings. The number of carbonyl (C=O) groups excluding carboxylic acids is 2. The smallest absolute Gasteiger partial charge is 0.278 e. The van der Waals surface area contributed by atoms with E-state index < -0.39 is 17.6 Å². The van der Waals surface area contributed by atoms with Crippen LogP contribution in [0.2, 0.25) is 10.0 Å². The van der Waals surface area contributed by atoms with Gasteiger partial charge in [-0.05, 0) is 30.3 Å². The molecule has 3 rings (SSSR count). The average molecular weight is 391 g/mol. The highest BCUT2D eigenvalue weighted by atomic mass is 35.5. The lowest BCUT2D eigenvalue weighted by atomic mass is 10.0. The third kappa shape index (κ3) is 3.36. The maximum absolute atomic E-state index is 13.5. The number of halogens is 3. The molecule has 1 aliphatic rings. The number of amides is 2. The number of hydrogen-bond acceptors (Lipinski definition) is 3. The number of imide groups is 1. The molecule has 0 spiro atoms. The first-order chi connectivity index (χ1) is 12.4. The summed E-state index contributed by atoms with van der Waals surface area (Å²) in [7, 11) is 0. The lowest BCUT2D eigenvalue weighted by Crippen LogP contribution is -2.32. The zero-order valence-electron chi connectivity index (χ0n) is 13.4. The lowest BCUT2D eigenvalue weighted by molar-refractivity contribution is -0.136. The first-order valence-electron chi connectivity index (χ1n) is 7.61. The molecule has 0 saturated carbocycles. The number of rotatable bonds is 5. The highest BCUT2D eigenvalue weighted by Crippen LogP contribution is 2.35. The van der Waals surface area contributed by atoms with Gasteiger partial charge in [0.25, 0.3) is 11.8 Å². The van der Waals surface area contributed by atoms with Gasteiger partial charge in [-0.25, -0.2) is 4.39 Å². The summed E-state index contributed by atoms with van der Waals surface area (Å²) in [5, 5.41) is 3.47. The van der Waals surface area contributed by atoms with E-state index in [0.717, 1.165) is 4.90 Å². The number of carbonyl (C=O) groups is 2. The van der Waals surface area contributed by atoms with Crippen molar-refractivity contribution < 1.29 is 14.0 Å². The number of anilines is 1. The van der Waals surface area contributed by atoms with Gasteiger partial charge in [0.1, 0.15) is 11.5 Å². The van der Waals surface area contributed by atoms with Crippen molar-refractivity contribution in [2.45, 2.75) is 0 Å². The van der Waals surface area contributed by atoms with Gasteiger partial charge < -0.3 is 5.32 Å². The molecule has 2 amide bonds. The summed E-state index contributed by atoms with van der Waals surface area (Å²) in [6.07, 6.45) is 1.45. The van der Waals surface area contributed by atoms with E-state index >= 15 is 0 Å². The quantitative estimate of drug-likeness (QED) is 0.603. The first kappa shape index (κ1) is 18.2. The van der Waals surface area contributed by atoms with Gasteiger partial charge in [-0.1, -0.05) is 41.4 Å². The standard InChI is InChI=1S/C19H13Cl2FN2O2/c1-2-8-24-18(25)16(14-7-6-11(20)9-15(14)21)17(19(24)26)23-13-5-3-4-12(22)10-13/h2-7,9-10,23H,1,8H2. The zero-order chi connectivity index (χ0) is 18.8. The second-order valence-corrected chi connectivity index (χ2v) is 6.36. The zero-order valence-corrected chi connectivity index (χ0v) is 14.9. The van der Waals surface area contributed by atoms with Crippen molar-refractivity contribution in [3.8, 4) is 0 Å². The largest absolute Gasteiger partial charge is 0.350 e. The molecule has 132 valence electrons. The van der Waals surface area contributed by atoms with Gasteiger partial charge >= 0.3 is 0 Å². The van der Waals surface area contributed by atoms with Crippen LogP contribution in [0, 0.1) is 5.82 Å². The van der Waals surface area contributed by atoms with Crippen LogP contribution in [0.3, 0.4) is 0 Å². The summed E-state index contributed by atoms with van der Waals surface area (Å²) in [5.41, 5.74) is 0.818. The van der Waals surface area contributed by atoms with Crippen molar-refractivity contribution in [2.24, 2.45) is 0 Å². The van der Waals surface area contributed by atoms with Gasteiger partial charge in [0.15, 0.2) is 0 Å². The summed E-state index contributed by atoms with van der Waals surface area (Å²) < 4.78 is 13.5. The molecule has 0 atom stereocenters. The Morgan fingerprint density at radius 3 is 2.54 bits per heavy atom. The Hall–Kier alpha value is -2.63. The van der Waals surface area contributed by atoms with Gasteiger partial charge in [0.05, 0.1) is 10.6 Å². The molecule has 1 aliphatic heterocycles. The van der Waals surface area contributed by atoms with Crippen LogP contribution < -0.4 is 5.32 Å². The summed E-state index contributed by atoms with van der Waals surface area (Å²) in [5.74, 6) is -1.53. The van der Waals surface area contributed by atoms with Crippen molar-refractivity contribution >= 4 is 46.3 Å². The minimum Gasteiger partial charge on any atom is -0.350 e. The van der Waals surface area contributed by atoms with E-state index in [1.54, 1.807) is 18.2 Å². The number of hydrogen-bond donors (Lipinski definition) is 1. The monoisotopic (exact) mass is 390 g/mol. The summed E-state index contributed by atoms with van der Waals surface area (Å²) in [6, 6.07) is 10.2. The molecule has 1 N–H and O–H groups in total. The number of nitrogens with one attached hydrogen (secondary N) is 1. The summed E-state index contributed by atoms with van der Waals surface area (Å²) in [4.78, 5) is 26.6. The maximum Gasteiger partial charge on any atom is 0.278 e. The lowest BCUT2D eigenvalue weighted by Gasteiger charge is -2.12. The second-order valence-electron chi connectivity index (χ2n) is 5.52. The van der Waals surface area contributed by atoms with Crippen LogP contribution in [-0.4, -0.2) is 23.3 Å². The van der Waals surface area contributed by atoms with Gasteiger partial charge in [0.2, 0.25) is 0 Å². The molecule has 0 bridgehead atoms. The fourth-order valence-corrected chi connectivity index (χ4v) is 3.14. The van der Waals surface area contributed by atoms with Crippen LogP contribution in [0.25, 0.3) is 5.57 Å². The van der Waals surface area contributed by atoms with E-state index in [2.05, 4.69) is 11.9 Å². The molecule has 26 heavy (non-hydrogen) atoms. The normalized spacial score (nSPS) is 14.2. The van der Waals surface area contributed by atoms with Crippen LogP contribution in [0.15, 0.2) is 60.8 Å². The minimum atomic E-state index is -0.542. The average Bonchev–Trinajstić information content (AvgIpc) is 2.80. The third-order valence-corrected chi connectivity index (χ3v) is 4.32. The Labute approximate surface area is 159 Å². The predicted octanol–water partition coefficient (Wildman–Crippen LogP) is 4.51. The molecule has 1 heterocycles. The molecule has 0 radical (unpaired) electrons. The van der Waals surface area contributed by atoms with Crippen LogP contribution in [0.5, 0.6) is 0 Å². The predicted molar refractivity (Wildman–Crippen MR) is 100 cm³/mol. The Morgan fingerprint density at radius 2 is 1.88 bits per heavy atom. The first-order valence-corrected chi connectivity index (χ1v) is 8.37. The van der Waals surface area contributed by atoms with Crippen LogP contribution in [-0.2, 0) is 9.59 Å². The molecule has 7 heteroatoms. The molecular weight excluding hydrogens is 378 g/mol. The van der Waals surface area contributed by atoms with Crippen molar-refractivity contribution in [3.63, 3.8) is 0 Å². The molecule has 0 unspecified atom stereocenters. The number of nitrogens with zero attached hydrogens (tertiary/aromatic N) is 1. The van der Waals surface area contributed by atoms with Crippen LogP contribution in [0.1, 0.15) is 5.56 Å². The van der Waals surface area contributed by atoms with Crippen molar-refractivity contribution in [1.82, 2.24) is 4.90 Å². The molecule has 0 aromatic heterocycles. The minimum absolute atomic E-state index is 0.0201. The Bertz CT molecular complexity index is 956. The van der Waals surface area contributed by atoms with E-state index in [9.17, 15) is 14.0 Å². The van der Waals surface area contributed by atoms with Crippen molar-refractivity contribution in [2.75, 3.05) is 11.9 Å². The summed E-state index contributed by atoms with van der Waals surface area (Å²) >= 11 is 12.1. The van der Waals surface area contributed by atoms with Gasteiger partial charge in [-0.3, -0.25) is 14.5 Å². The van der Waals surface area contributed by atoms with Gasteiger partial charge in [-0.2, -0.15) is 0 Å². The van der Waals surface area contributed by atoms with Crippen LogP contribution >= 0.6 is 23.2 Å². The van der Waals surface area contributed by atoms with Gasteiger partial charge in [-0.15, -0.1) is 6.58 Å². The van der Waals surface area contributed by atoms with E-state index in [1.165, 1.54) is 30.3 Å². The molecule has 2 aromatic carbocycles. The van der Waals surface area contributed by atoms with Crippen LogP contribution in [0.4, 0.5) is 10.1 Å². The molecular formula is C19H13Cl2FN2O2. The molecule has 0 fully saturated rings. The molecule has 0 aliphatic carbocycles. The SMILES string of the molecule is C=CCN1C(=O)C(Nc2cccc(F)c2)=C(c2ccc(Cl)cc2Cl)C1=O. The molecule has 0 saturated heterocycles.